The molecule has 152 valence electrons. The predicted octanol–water partition coefficient (Wildman–Crippen LogP) is 2.69. The summed E-state index contributed by atoms with van der Waals surface area (Å²) in [6.45, 7) is -0.208. The van der Waals surface area contributed by atoms with E-state index in [2.05, 4.69) is 25.2 Å². The SMILES string of the molecule is CNC(=O)CSc1nnc(CN2CCCCC2)n1-c1ccc(OC(F)F)cc1. The molecule has 1 saturated heterocycles. The van der Waals surface area contributed by atoms with E-state index < -0.39 is 6.61 Å². The third-order valence-corrected chi connectivity index (χ3v) is 5.37. The van der Waals surface area contributed by atoms with Gasteiger partial charge in [0.15, 0.2) is 11.0 Å². The van der Waals surface area contributed by atoms with Crippen molar-refractivity contribution in [3.05, 3.63) is 30.1 Å². The lowest BCUT2D eigenvalue weighted by molar-refractivity contribution is -0.118. The lowest BCUT2D eigenvalue weighted by Crippen LogP contribution is -2.30. The molecule has 0 saturated carbocycles. The number of nitrogens with one attached hydrogen (secondary N) is 1. The molecule has 0 bridgehead atoms. The van der Waals surface area contributed by atoms with Crippen molar-refractivity contribution < 1.29 is 18.3 Å². The summed E-state index contributed by atoms with van der Waals surface area (Å²) < 4.78 is 31.1. The Balaban J connectivity index is 1.85. The number of likely N-dealkylation sites (tertiary alicyclic amines) is 1. The highest BCUT2D eigenvalue weighted by Crippen LogP contribution is 2.25. The van der Waals surface area contributed by atoms with Crippen LogP contribution in [0.2, 0.25) is 0 Å². The third-order valence-electron chi connectivity index (χ3n) is 4.45. The van der Waals surface area contributed by atoms with Crippen LogP contribution in [0.5, 0.6) is 5.75 Å². The summed E-state index contributed by atoms with van der Waals surface area (Å²) in [5.74, 6) is 0.941. The summed E-state index contributed by atoms with van der Waals surface area (Å²) >= 11 is 1.28. The number of carbonyl (C=O) groups excluding carboxylic acids is 1. The molecular weight excluding hydrogens is 388 g/mol. The van der Waals surface area contributed by atoms with Gasteiger partial charge in [-0.15, -0.1) is 10.2 Å². The highest BCUT2D eigenvalue weighted by Gasteiger charge is 2.19. The van der Waals surface area contributed by atoms with Gasteiger partial charge in [-0.3, -0.25) is 14.3 Å². The normalized spacial score (nSPS) is 15.0. The zero-order chi connectivity index (χ0) is 19.9. The van der Waals surface area contributed by atoms with Crippen LogP contribution >= 0.6 is 11.8 Å². The molecule has 3 rings (SSSR count). The number of ether oxygens (including phenoxy) is 1. The Kier molecular flexibility index (Phi) is 7.21. The second-order valence-corrected chi connectivity index (χ2v) is 7.35. The fourth-order valence-electron chi connectivity index (χ4n) is 3.05. The van der Waals surface area contributed by atoms with Crippen molar-refractivity contribution in [1.82, 2.24) is 25.0 Å². The fraction of sp³-hybridized carbons (Fsp3) is 0.500. The standard InChI is InChI=1S/C18H23F2N5O2S/c1-21-16(26)12-28-18-23-22-15(11-24-9-3-2-4-10-24)25(18)13-5-7-14(8-6-13)27-17(19)20/h5-8,17H,2-4,9-12H2,1H3,(H,21,26). The van der Waals surface area contributed by atoms with Crippen LogP contribution in [-0.2, 0) is 11.3 Å². The molecule has 2 heterocycles. The summed E-state index contributed by atoms with van der Waals surface area (Å²) in [7, 11) is 1.58. The van der Waals surface area contributed by atoms with E-state index in [4.69, 9.17) is 0 Å². The molecule has 1 fully saturated rings. The minimum atomic E-state index is -2.87. The number of nitrogens with zero attached hydrogens (tertiary/aromatic N) is 4. The molecule has 2 aromatic rings. The number of thioether (sulfide) groups is 1. The molecule has 0 spiro atoms. The monoisotopic (exact) mass is 411 g/mol. The number of piperidine rings is 1. The Labute approximate surface area is 166 Å². The van der Waals surface area contributed by atoms with Gasteiger partial charge in [0.05, 0.1) is 12.3 Å². The van der Waals surface area contributed by atoms with Gasteiger partial charge in [-0.2, -0.15) is 8.78 Å². The zero-order valence-corrected chi connectivity index (χ0v) is 16.4. The maximum Gasteiger partial charge on any atom is 0.387 e. The van der Waals surface area contributed by atoms with Gasteiger partial charge in [-0.05, 0) is 50.2 Å². The topological polar surface area (TPSA) is 72.3 Å². The lowest BCUT2D eigenvalue weighted by atomic mass is 10.1. The zero-order valence-electron chi connectivity index (χ0n) is 15.6. The molecule has 1 N–H and O–H groups in total. The van der Waals surface area contributed by atoms with Crippen molar-refractivity contribution in [3.63, 3.8) is 0 Å². The maximum atomic E-state index is 12.4. The van der Waals surface area contributed by atoms with Gasteiger partial charge in [-0.1, -0.05) is 18.2 Å². The first kappa shape index (κ1) is 20.5. The first-order valence-electron chi connectivity index (χ1n) is 9.12. The summed E-state index contributed by atoms with van der Waals surface area (Å²) in [5.41, 5.74) is 0.734. The highest BCUT2D eigenvalue weighted by atomic mass is 32.2. The highest BCUT2D eigenvalue weighted by molar-refractivity contribution is 7.99. The second kappa shape index (κ2) is 9.83. The van der Waals surface area contributed by atoms with Crippen LogP contribution in [0.3, 0.4) is 0 Å². The quantitative estimate of drug-likeness (QED) is 0.674. The molecule has 0 unspecified atom stereocenters. The van der Waals surface area contributed by atoms with E-state index in [0.29, 0.717) is 11.7 Å². The number of hydrogen-bond acceptors (Lipinski definition) is 6. The molecule has 1 aromatic heterocycles. The Morgan fingerprint density at radius 3 is 2.57 bits per heavy atom. The number of alkyl halides is 2. The van der Waals surface area contributed by atoms with Crippen LogP contribution in [0.15, 0.2) is 29.4 Å². The van der Waals surface area contributed by atoms with Crippen molar-refractivity contribution in [2.45, 2.75) is 37.6 Å². The molecule has 1 aliphatic rings. The number of halogens is 2. The molecule has 0 atom stereocenters. The smallest absolute Gasteiger partial charge is 0.387 e. The van der Waals surface area contributed by atoms with Crippen molar-refractivity contribution in [2.24, 2.45) is 0 Å². The van der Waals surface area contributed by atoms with Gasteiger partial charge >= 0.3 is 6.61 Å². The molecule has 28 heavy (non-hydrogen) atoms. The molecule has 0 aliphatic carbocycles. The van der Waals surface area contributed by atoms with Crippen LogP contribution in [-0.4, -0.2) is 58.1 Å². The molecule has 7 nitrogen and oxygen atoms in total. The van der Waals surface area contributed by atoms with E-state index in [1.807, 2.05) is 4.57 Å². The van der Waals surface area contributed by atoms with Gasteiger partial charge in [-0.25, -0.2) is 0 Å². The Bertz CT molecular complexity index is 779. The van der Waals surface area contributed by atoms with Crippen LogP contribution in [0.4, 0.5) is 8.78 Å². The van der Waals surface area contributed by atoms with E-state index in [-0.39, 0.29) is 17.4 Å². The maximum absolute atomic E-state index is 12.4. The van der Waals surface area contributed by atoms with E-state index in [9.17, 15) is 13.6 Å². The largest absolute Gasteiger partial charge is 0.435 e. The molecule has 1 aromatic carbocycles. The Morgan fingerprint density at radius 2 is 1.93 bits per heavy atom. The second-order valence-electron chi connectivity index (χ2n) is 6.41. The van der Waals surface area contributed by atoms with Gasteiger partial charge in [0, 0.05) is 12.7 Å². The van der Waals surface area contributed by atoms with E-state index in [1.54, 1.807) is 19.2 Å². The van der Waals surface area contributed by atoms with Crippen LogP contribution in [0, 0.1) is 0 Å². The Hall–Kier alpha value is -2.20. The number of rotatable bonds is 8. The summed E-state index contributed by atoms with van der Waals surface area (Å²) in [5, 5.41) is 11.7. The minimum absolute atomic E-state index is 0.0870. The number of amides is 1. The summed E-state index contributed by atoms with van der Waals surface area (Å²) in [6, 6.07) is 6.34. The fourth-order valence-corrected chi connectivity index (χ4v) is 3.89. The van der Waals surface area contributed by atoms with Crippen LogP contribution < -0.4 is 10.1 Å². The first-order valence-corrected chi connectivity index (χ1v) is 10.1. The first-order chi connectivity index (χ1) is 13.6. The molecular formula is C18H23F2N5O2S. The predicted molar refractivity (Wildman–Crippen MR) is 102 cm³/mol. The molecule has 0 radical (unpaired) electrons. The van der Waals surface area contributed by atoms with Crippen molar-refractivity contribution >= 4 is 17.7 Å². The van der Waals surface area contributed by atoms with E-state index in [0.717, 1.165) is 37.4 Å². The summed E-state index contributed by atoms with van der Waals surface area (Å²) in [6.07, 6.45) is 3.56. The van der Waals surface area contributed by atoms with Crippen molar-refractivity contribution in [3.8, 4) is 11.4 Å². The van der Waals surface area contributed by atoms with Gasteiger partial charge in [0.2, 0.25) is 5.91 Å². The van der Waals surface area contributed by atoms with E-state index >= 15 is 0 Å². The van der Waals surface area contributed by atoms with Crippen LogP contribution in [0.1, 0.15) is 25.1 Å². The van der Waals surface area contributed by atoms with Gasteiger partial charge < -0.3 is 10.1 Å². The van der Waals surface area contributed by atoms with Crippen LogP contribution in [0.25, 0.3) is 5.69 Å². The average molecular weight is 411 g/mol. The van der Waals surface area contributed by atoms with Crippen molar-refractivity contribution in [2.75, 3.05) is 25.9 Å². The van der Waals surface area contributed by atoms with Gasteiger partial charge in [0.1, 0.15) is 5.75 Å². The minimum Gasteiger partial charge on any atom is -0.435 e. The average Bonchev–Trinajstić information content (AvgIpc) is 3.09. The number of hydrogen-bond donors (Lipinski definition) is 1. The number of carbonyl (C=O) groups is 1. The summed E-state index contributed by atoms with van der Waals surface area (Å²) in [4.78, 5) is 13.9. The Morgan fingerprint density at radius 1 is 1.21 bits per heavy atom. The van der Waals surface area contributed by atoms with Gasteiger partial charge in [0.25, 0.3) is 0 Å². The lowest BCUT2D eigenvalue weighted by Gasteiger charge is -2.26. The number of aromatic nitrogens is 3. The molecule has 1 aliphatic heterocycles. The third kappa shape index (κ3) is 5.41. The van der Waals surface area contributed by atoms with E-state index in [1.165, 1.54) is 30.3 Å². The van der Waals surface area contributed by atoms with Crippen molar-refractivity contribution in [1.29, 1.82) is 0 Å². The number of benzene rings is 1. The molecule has 10 heteroatoms. The molecule has 1 amide bonds.